The summed E-state index contributed by atoms with van der Waals surface area (Å²) >= 11 is 6.10. The Balaban J connectivity index is 1.72. The van der Waals surface area contributed by atoms with E-state index >= 15 is 0 Å². The van der Waals surface area contributed by atoms with Crippen LogP contribution in [0.25, 0.3) is 5.69 Å². The molecule has 2 N–H and O–H groups in total. The van der Waals surface area contributed by atoms with Gasteiger partial charge in [-0.05, 0) is 55.7 Å². The number of nitrogens with one attached hydrogen (secondary N) is 2. The molecule has 1 heterocycles. The fourth-order valence-corrected chi connectivity index (χ4v) is 3.43. The molecule has 1 aromatic heterocycles. The molecule has 0 aliphatic carbocycles. The molecule has 0 bridgehead atoms. The maximum atomic E-state index is 12.8. The highest BCUT2D eigenvalue weighted by Crippen LogP contribution is 2.19. The average Bonchev–Trinajstić information content (AvgIpc) is 3.21. The smallest absolute Gasteiger partial charge is 0.255 e. The van der Waals surface area contributed by atoms with E-state index in [9.17, 15) is 9.59 Å². The minimum absolute atomic E-state index is 0.111. The van der Waals surface area contributed by atoms with E-state index in [0.717, 1.165) is 23.4 Å². The number of carbonyl (C=O) groups excluding carboxylic acids is 2. The van der Waals surface area contributed by atoms with Gasteiger partial charge in [-0.15, -0.1) is 0 Å². The molecule has 0 saturated heterocycles. The van der Waals surface area contributed by atoms with Gasteiger partial charge in [-0.1, -0.05) is 43.6 Å². The Morgan fingerprint density at radius 3 is 2.58 bits per heavy atom. The summed E-state index contributed by atoms with van der Waals surface area (Å²) in [7, 11) is 0. The SMILES string of the molecule is CCc1c(C(=O)NCc2cccc(C(=O)NC(C)CC)c2)cnn1-c1cccc(Cl)c1. The number of hydrogen-bond acceptors (Lipinski definition) is 3. The molecule has 31 heavy (non-hydrogen) atoms. The first-order chi connectivity index (χ1) is 14.9. The number of amides is 2. The number of aromatic nitrogens is 2. The lowest BCUT2D eigenvalue weighted by atomic mass is 10.1. The van der Waals surface area contributed by atoms with Crippen molar-refractivity contribution in [3.05, 3.63) is 82.1 Å². The van der Waals surface area contributed by atoms with Gasteiger partial charge in [-0.25, -0.2) is 4.68 Å². The van der Waals surface area contributed by atoms with Crippen molar-refractivity contribution in [1.82, 2.24) is 20.4 Å². The Bertz CT molecular complexity index is 1080. The zero-order valence-corrected chi connectivity index (χ0v) is 18.7. The molecule has 1 atom stereocenters. The van der Waals surface area contributed by atoms with Gasteiger partial charge in [0.05, 0.1) is 23.1 Å². The molecule has 2 aromatic carbocycles. The maximum Gasteiger partial charge on any atom is 0.255 e. The molecule has 1 unspecified atom stereocenters. The molecule has 6 nitrogen and oxygen atoms in total. The van der Waals surface area contributed by atoms with Crippen molar-refractivity contribution in [3.63, 3.8) is 0 Å². The second kappa shape index (κ2) is 10.3. The molecule has 3 aromatic rings. The standard InChI is InChI=1S/C24H27ClN4O2/c1-4-16(3)28-23(30)18-9-6-8-17(12-18)14-26-24(31)21-15-27-29(22(21)5-2)20-11-7-10-19(25)13-20/h6-13,15-16H,4-5,14H2,1-3H3,(H,26,31)(H,28,30). The summed E-state index contributed by atoms with van der Waals surface area (Å²) in [6.45, 7) is 6.29. The first-order valence-electron chi connectivity index (χ1n) is 10.4. The number of benzene rings is 2. The van der Waals surface area contributed by atoms with Gasteiger partial charge in [-0.3, -0.25) is 9.59 Å². The predicted octanol–water partition coefficient (Wildman–Crippen LogP) is 4.55. The molecule has 3 rings (SSSR count). The van der Waals surface area contributed by atoms with E-state index < -0.39 is 0 Å². The zero-order chi connectivity index (χ0) is 22.4. The first kappa shape index (κ1) is 22.6. The van der Waals surface area contributed by atoms with Gasteiger partial charge in [0.25, 0.3) is 11.8 Å². The minimum atomic E-state index is -0.209. The first-order valence-corrected chi connectivity index (χ1v) is 10.8. The minimum Gasteiger partial charge on any atom is -0.350 e. The third-order valence-electron chi connectivity index (χ3n) is 5.13. The molecule has 0 aliphatic rings. The van der Waals surface area contributed by atoms with Crippen molar-refractivity contribution < 1.29 is 9.59 Å². The number of nitrogens with zero attached hydrogens (tertiary/aromatic N) is 2. The van der Waals surface area contributed by atoms with Crippen molar-refractivity contribution in [2.24, 2.45) is 0 Å². The van der Waals surface area contributed by atoms with Gasteiger partial charge in [0, 0.05) is 23.2 Å². The normalized spacial score (nSPS) is 11.7. The van der Waals surface area contributed by atoms with E-state index in [1.54, 1.807) is 29.1 Å². The highest BCUT2D eigenvalue weighted by Gasteiger charge is 2.17. The van der Waals surface area contributed by atoms with E-state index in [-0.39, 0.29) is 17.9 Å². The number of rotatable bonds is 8. The van der Waals surface area contributed by atoms with Gasteiger partial charge < -0.3 is 10.6 Å². The van der Waals surface area contributed by atoms with Gasteiger partial charge in [0.15, 0.2) is 0 Å². The van der Waals surface area contributed by atoms with Crippen LogP contribution in [-0.4, -0.2) is 27.6 Å². The zero-order valence-electron chi connectivity index (χ0n) is 18.0. The van der Waals surface area contributed by atoms with E-state index in [2.05, 4.69) is 15.7 Å². The van der Waals surface area contributed by atoms with Crippen molar-refractivity contribution in [3.8, 4) is 5.69 Å². The summed E-state index contributed by atoms with van der Waals surface area (Å²) < 4.78 is 1.74. The quantitative estimate of drug-likeness (QED) is 0.541. The Hall–Kier alpha value is -3.12. The largest absolute Gasteiger partial charge is 0.350 e. The summed E-state index contributed by atoms with van der Waals surface area (Å²) in [6, 6.07) is 14.7. The molecule has 162 valence electrons. The predicted molar refractivity (Wildman–Crippen MR) is 123 cm³/mol. The average molecular weight is 439 g/mol. The van der Waals surface area contributed by atoms with Crippen LogP contribution < -0.4 is 10.6 Å². The molecule has 0 aliphatic heterocycles. The van der Waals surface area contributed by atoms with Crippen LogP contribution in [0, 0.1) is 0 Å². The van der Waals surface area contributed by atoms with E-state index in [0.29, 0.717) is 29.1 Å². The lowest BCUT2D eigenvalue weighted by Gasteiger charge is -2.12. The fraction of sp³-hybridized carbons (Fsp3) is 0.292. The maximum absolute atomic E-state index is 12.8. The van der Waals surface area contributed by atoms with E-state index in [1.807, 2.05) is 51.1 Å². The third-order valence-corrected chi connectivity index (χ3v) is 5.37. The Morgan fingerprint density at radius 2 is 1.87 bits per heavy atom. The second-order valence-electron chi connectivity index (χ2n) is 7.42. The summed E-state index contributed by atoms with van der Waals surface area (Å²) in [6.07, 6.45) is 3.08. The van der Waals surface area contributed by atoms with Gasteiger partial charge in [-0.2, -0.15) is 5.10 Å². The topological polar surface area (TPSA) is 76.0 Å². The summed E-state index contributed by atoms with van der Waals surface area (Å²) in [5.74, 6) is -0.321. The lowest BCUT2D eigenvalue weighted by Crippen LogP contribution is -2.32. The number of carbonyl (C=O) groups is 2. The lowest BCUT2D eigenvalue weighted by molar-refractivity contribution is 0.0936. The highest BCUT2D eigenvalue weighted by molar-refractivity contribution is 6.30. The molecule has 0 radical (unpaired) electrons. The van der Waals surface area contributed by atoms with Crippen molar-refractivity contribution in [2.45, 2.75) is 46.2 Å². The fourth-order valence-electron chi connectivity index (χ4n) is 3.24. The molecular formula is C24H27ClN4O2. The Labute approximate surface area is 187 Å². The molecule has 2 amide bonds. The van der Waals surface area contributed by atoms with E-state index in [1.165, 1.54) is 0 Å². The van der Waals surface area contributed by atoms with Crippen LogP contribution in [0.5, 0.6) is 0 Å². The van der Waals surface area contributed by atoms with Crippen LogP contribution in [0.4, 0.5) is 0 Å². The number of hydrogen-bond donors (Lipinski definition) is 2. The van der Waals surface area contributed by atoms with Gasteiger partial charge in [0.1, 0.15) is 0 Å². The van der Waals surface area contributed by atoms with Crippen LogP contribution in [0.3, 0.4) is 0 Å². The molecule has 0 saturated carbocycles. The summed E-state index contributed by atoms with van der Waals surface area (Å²) in [5.41, 5.74) is 3.57. The Kier molecular flexibility index (Phi) is 7.47. The number of halogens is 1. The third kappa shape index (κ3) is 5.52. The van der Waals surface area contributed by atoms with Gasteiger partial charge >= 0.3 is 0 Å². The van der Waals surface area contributed by atoms with Crippen LogP contribution >= 0.6 is 11.6 Å². The van der Waals surface area contributed by atoms with Crippen molar-refractivity contribution in [2.75, 3.05) is 0 Å². The van der Waals surface area contributed by atoms with Crippen LogP contribution in [0.2, 0.25) is 5.02 Å². The summed E-state index contributed by atoms with van der Waals surface area (Å²) in [5, 5.41) is 10.9. The second-order valence-corrected chi connectivity index (χ2v) is 7.85. The molecule has 0 fully saturated rings. The van der Waals surface area contributed by atoms with E-state index in [4.69, 9.17) is 11.6 Å². The monoisotopic (exact) mass is 438 g/mol. The summed E-state index contributed by atoms with van der Waals surface area (Å²) in [4.78, 5) is 25.2. The van der Waals surface area contributed by atoms with Crippen molar-refractivity contribution in [1.29, 1.82) is 0 Å². The molecule has 0 spiro atoms. The van der Waals surface area contributed by atoms with Crippen LogP contribution in [-0.2, 0) is 13.0 Å². The van der Waals surface area contributed by atoms with Gasteiger partial charge in [0.2, 0.25) is 0 Å². The molecular weight excluding hydrogens is 412 g/mol. The Morgan fingerprint density at radius 1 is 1.10 bits per heavy atom. The highest BCUT2D eigenvalue weighted by atomic mass is 35.5. The van der Waals surface area contributed by atoms with Crippen LogP contribution in [0.15, 0.2) is 54.7 Å². The van der Waals surface area contributed by atoms with Crippen LogP contribution in [0.1, 0.15) is 59.2 Å². The van der Waals surface area contributed by atoms with Crippen molar-refractivity contribution >= 4 is 23.4 Å². The molecule has 7 heteroatoms.